The third-order valence-corrected chi connectivity index (χ3v) is 4.35. The zero-order valence-electron chi connectivity index (χ0n) is 14.0. The van der Waals surface area contributed by atoms with Crippen molar-refractivity contribution in [1.82, 2.24) is 14.7 Å². The lowest BCUT2D eigenvalue weighted by molar-refractivity contribution is -0.147. The second kappa shape index (κ2) is 5.41. The summed E-state index contributed by atoms with van der Waals surface area (Å²) in [6, 6.07) is 0. The fraction of sp³-hybridized carbons (Fsp3) is 0.688. The topological polar surface area (TPSA) is 75.4 Å². The SMILES string of the molecule is CCc1c(C(=O)N2CCC(C)(C(=O)O)C2)cnn1C(C)(C)C. The van der Waals surface area contributed by atoms with E-state index in [-0.39, 0.29) is 18.0 Å². The summed E-state index contributed by atoms with van der Waals surface area (Å²) in [5.74, 6) is -0.957. The minimum Gasteiger partial charge on any atom is -0.481 e. The molecule has 0 radical (unpaired) electrons. The number of rotatable bonds is 3. The second-order valence-corrected chi connectivity index (χ2v) is 7.28. The van der Waals surface area contributed by atoms with Crippen LogP contribution in [0, 0.1) is 5.41 Å². The van der Waals surface area contributed by atoms with Crippen molar-refractivity contribution >= 4 is 11.9 Å². The summed E-state index contributed by atoms with van der Waals surface area (Å²) in [6.07, 6.45) is 2.81. The van der Waals surface area contributed by atoms with Crippen LogP contribution < -0.4 is 0 Å². The van der Waals surface area contributed by atoms with E-state index >= 15 is 0 Å². The van der Waals surface area contributed by atoms with E-state index in [4.69, 9.17) is 0 Å². The predicted octanol–water partition coefficient (Wildman–Crippen LogP) is 2.14. The summed E-state index contributed by atoms with van der Waals surface area (Å²) in [5, 5.41) is 13.7. The van der Waals surface area contributed by atoms with Crippen molar-refractivity contribution in [1.29, 1.82) is 0 Å². The number of hydrogen-bond acceptors (Lipinski definition) is 3. The van der Waals surface area contributed by atoms with Crippen LogP contribution >= 0.6 is 0 Å². The lowest BCUT2D eigenvalue weighted by atomic mass is 9.90. The molecule has 1 atom stereocenters. The van der Waals surface area contributed by atoms with Crippen LogP contribution in [0.5, 0.6) is 0 Å². The molecule has 0 saturated carbocycles. The van der Waals surface area contributed by atoms with Gasteiger partial charge in [-0.05, 0) is 40.5 Å². The number of aromatic nitrogens is 2. The van der Waals surface area contributed by atoms with E-state index in [0.29, 0.717) is 24.9 Å². The van der Waals surface area contributed by atoms with E-state index in [1.54, 1.807) is 18.0 Å². The Morgan fingerprint density at radius 2 is 2.05 bits per heavy atom. The molecule has 122 valence electrons. The van der Waals surface area contributed by atoms with Crippen molar-refractivity contribution in [3.8, 4) is 0 Å². The Morgan fingerprint density at radius 1 is 1.41 bits per heavy atom. The molecule has 0 aromatic carbocycles. The average molecular weight is 307 g/mol. The molecule has 1 aliphatic rings. The van der Waals surface area contributed by atoms with Crippen LogP contribution in [0.25, 0.3) is 0 Å². The van der Waals surface area contributed by atoms with Gasteiger partial charge in [0.05, 0.1) is 28.4 Å². The maximum absolute atomic E-state index is 12.8. The maximum Gasteiger partial charge on any atom is 0.311 e. The molecule has 1 aromatic heterocycles. The fourth-order valence-corrected chi connectivity index (χ4v) is 2.95. The highest BCUT2D eigenvalue weighted by Gasteiger charge is 2.42. The van der Waals surface area contributed by atoms with Crippen LogP contribution in [0.4, 0.5) is 0 Å². The Hall–Kier alpha value is -1.85. The van der Waals surface area contributed by atoms with Crippen LogP contribution in [-0.2, 0) is 16.8 Å². The molecule has 2 heterocycles. The molecule has 22 heavy (non-hydrogen) atoms. The van der Waals surface area contributed by atoms with Crippen molar-refractivity contribution in [2.24, 2.45) is 5.41 Å². The van der Waals surface area contributed by atoms with Crippen molar-refractivity contribution in [2.75, 3.05) is 13.1 Å². The summed E-state index contributed by atoms with van der Waals surface area (Å²) < 4.78 is 1.88. The normalized spacial score (nSPS) is 22.1. The third kappa shape index (κ3) is 2.74. The summed E-state index contributed by atoms with van der Waals surface area (Å²) >= 11 is 0. The first-order valence-electron chi connectivity index (χ1n) is 7.70. The monoisotopic (exact) mass is 307 g/mol. The van der Waals surface area contributed by atoms with Gasteiger partial charge in [0.15, 0.2) is 0 Å². The van der Waals surface area contributed by atoms with E-state index in [2.05, 4.69) is 5.10 Å². The third-order valence-electron chi connectivity index (χ3n) is 4.35. The highest BCUT2D eigenvalue weighted by molar-refractivity contribution is 5.96. The van der Waals surface area contributed by atoms with Crippen molar-refractivity contribution < 1.29 is 14.7 Å². The van der Waals surface area contributed by atoms with E-state index in [1.807, 2.05) is 32.4 Å². The Bertz CT molecular complexity index is 600. The molecule has 1 aromatic rings. The molecule has 1 saturated heterocycles. The summed E-state index contributed by atoms with van der Waals surface area (Å²) in [7, 11) is 0. The number of amides is 1. The number of likely N-dealkylation sites (tertiary alicyclic amines) is 1. The van der Waals surface area contributed by atoms with Crippen LogP contribution in [-0.4, -0.2) is 44.8 Å². The number of nitrogens with zero attached hydrogens (tertiary/aromatic N) is 3. The Morgan fingerprint density at radius 3 is 2.50 bits per heavy atom. The molecule has 0 bridgehead atoms. The summed E-state index contributed by atoms with van der Waals surface area (Å²) in [5.41, 5.74) is 0.459. The molecule has 1 fully saturated rings. The van der Waals surface area contributed by atoms with Gasteiger partial charge in [0.2, 0.25) is 0 Å². The van der Waals surface area contributed by atoms with Gasteiger partial charge in [0, 0.05) is 13.1 Å². The fourth-order valence-electron chi connectivity index (χ4n) is 2.95. The first-order chi connectivity index (χ1) is 10.1. The molecule has 1 N–H and O–H groups in total. The molecule has 6 heteroatoms. The highest BCUT2D eigenvalue weighted by Crippen LogP contribution is 2.31. The molecular formula is C16H25N3O3. The number of carbonyl (C=O) groups is 2. The standard InChI is InChI=1S/C16H25N3O3/c1-6-12-11(9-17-19(12)15(2,3)4)13(20)18-8-7-16(5,10-18)14(21)22/h9H,6-8,10H2,1-5H3,(H,21,22). The smallest absolute Gasteiger partial charge is 0.311 e. The lowest BCUT2D eigenvalue weighted by Crippen LogP contribution is -2.35. The molecule has 1 amide bonds. The Labute approximate surface area is 131 Å². The van der Waals surface area contributed by atoms with Gasteiger partial charge in [-0.2, -0.15) is 5.10 Å². The molecule has 0 aliphatic carbocycles. The maximum atomic E-state index is 12.8. The molecule has 1 aliphatic heterocycles. The minimum absolute atomic E-state index is 0.114. The highest BCUT2D eigenvalue weighted by atomic mass is 16.4. The largest absolute Gasteiger partial charge is 0.481 e. The zero-order valence-corrected chi connectivity index (χ0v) is 14.0. The minimum atomic E-state index is -0.845. The zero-order chi connectivity index (χ0) is 16.7. The van der Waals surface area contributed by atoms with E-state index in [9.17, 15) is 14.7 Å². The quantitative estimate of drug-likeness (QED) is 0.928. The van der Waals surface area contributed by atoms with E-state index in [0.717, 1.165) is 5.69 Å². The van der Waals surface area contributed by atoms with Gasteiger partial charge in [0.1, 0.15) is 0 Å². The number of hydrogen-bond donors (Lipinski definition) is 1. The number of carboxylic acid groups (broad SMARTS) is 1. The Balaban J connectivity index is 2.29. The lowest BCUT2D eigenvalue weighted by Gasteiger charge is -2.23. The van der Waals surface area contributed by atoms with Gasteiger partial charge in [-0.3, -0.25) is 14.3 Å². The van der Waals surface area contributed by atoms with Crippen molar-refractivity contribution in [2.45, 2.75) is 53.0 Å². The van der Waals surface area contributed by atoms with Gasteiger partial charge in [-0.15, -0.1) is 0 Å². The first-order valence-corrected chi connectivity index (χ1v) is 7.70. The van der Waals surface area contributed by atoms with Crippen LogP contribution in [0.3, 0.4) is 0 Å². The molecular weight excluding hydrogens is 282 g/mol. The van der Waals surface area contributed by atoms with Gasteiger partial charge in [-0.1, -0.05) is 6.92 Å². The number of carboxylic acids is 1. The van der Waals surface area contributed by atoms with E-state index in [1.165, 1.54) is 0 Å². The van der Waals surface area contributed by atoms with Gasteiger partial charge in [0.25, 0.3) is 5.91 Å². The van der Waals surface area contributed by atoms with Crippen molar-refractivity contribution in [3.05, 3.63) is 17.5 Å². The number of carbonyl (C=O) groups excluding carboxylic acids is 1. The second-order valence-electron chi connectivity index (χ2n) is 7.28. The Kier molecular flexibility index (Phi) is 4.06. The first kappa shape index (κ1) is 16.5. The summed E-state index contributed by atoms with van der Waals surface area (Å²) in [6.45, 7) is 10.6. The van der Waals surface area contributed by atoms with Gasteiger partial charge in [-0.25, -0.2) is 0 Å². The van der Waals surface area contributed by atoms with E-state index < -0.39 is 11.4 Å². The van der Waals surface area contributed by atoms with Gasteiger partial charge >= 0.3 is 5.97 Å². The van der Waals surface area contributed by atoms with Crippen LogP contribution in [0.2, 0.25) is 0 Å². The average Bonchev–Trinajstić information content (AvgIpc) is 3.01. The molecule has 0 spiro atoms. The van der Waals surface area contributed by atoms with Crippen LogP contribution in [0.15, 0.2) is 6.20 Å². The van der Waals surface area contributed by atoms with Crippen LogP contribution in [0.1, 0.15) is 57.1 Å². The molecule has 6 nitrogen and oxygen atoms in total. The molecule has 1 unspecified atom stereocenters. The predicted molar refractivity (Wildman–Crippen MR) is 82.9 cm³/mol. The summed E-state index contributed by atoms with van der Waals surface area (Å²) in [4.78, 5) is 25.7. The van der Waals surface area contributed by atoms with Gasteiger partial charge < -0.3 is 10.0 Å². The number of aliphatic carboxylic acids is 1. The van der Waals surface area contributed by atoms with Crippen molar-refractivity contribution in [3.63, 3.8) is 0 Å². The molecule has 2 rings (SSSR count).